The monoisotopic (exact) mass is 378 g/mol. The number of aromatic nitrogens is 1. The van der Waals surface area contributed by atoms with E-state index in [1.165, 1.54) is 36.9 Å². The van der Waals surface area contributed by atoms with Crippen molar-refractivity contribution in [2.45, 2.75) is 38.6 Å². The molecular weight excluding hydrogens is 348 g/mol. The van der Waals surface area contributed by atoms with Crippen molar-refractivity contribution in [3.05, 3.63) is 36.0 Å². The van der Waals surface area contributed by atoms with Gasteiger partial charge in [0.15, 0.2) is 0 Å². The summed E-state index contributed by atoms with van der Waals surface area (Å²) < 4.78 is 0. The number of piperidine rings is 1. The van der Waals surface area contributed by atoms with Gasteiger partial charge in [0.05, 0.1) is 11.4 Å². The van der Waals surface area contributed by atoms with Crippen molar-refractivity contribution in [1.82, 2.24) is 14.8 Å². The van der Waals surface area contributed by atoms with Gasteiger partial charge in [-0.2, -0.15) is 0 Å². The Bertz CT molecular complexity index is 870. The fraction of sp³-hybridized carbons (Fsp3) is 0.565. The predicted molar refractivity (Wildman–Crippen MR) is 113 cm³/mol. The van der Waals surface area contributed by atoms with Crippen LogP contribution in [0.1, 0.15) is 31.4 Å². The molecule has 3 fully saturated rings. The van der Waals surface area contributed by atoms with Crippen molar-refractivity contribution in [1.29, 1.82) is 0 Å². The first-order valence-electron chi connectivity index (χ1n) is 10.8. The van der Waals surface area contributed by atoms with E-state index in [2.05, 4.69) is 50.9 Å². The lowest BCUT2D eigenvalue weighted by molar-refractivity contribution is -0.137. The number of carbonyl (C=O) groups is 1. The third-order valence-electron chi connectivity index (χ3n) is 6.62. The summed E-state index contributed by atoms with van der Waals surface area (Å²) in [6.07, 6.45) is 4.91. The number of amides is 1. The van der Waals surface area contributed by atoms with E-state index in [1.807, 2.05) is 6.07 Å². The van der Waals surface area contributed by atoms with Crippen LogP contribution in [0.3, 0.4) is 0 Å². The number of para-hydroxylation sites is 1. The summed E-state index contributed by atoms with van der Waals surface area (Å²) >= 11 is 0. The zero-order valence-corrected chi connectivity index (χ0v) is 16.8. The lowest BCUT2D eigenvalue weighted by Gasteiger charge is -2.40. The Morgan fingerprint density at radius 1 is 1.04 bits per heavy atom. The number of hydrogen-bond acceptors (Lipinski definition) is 4. The standard InChI is InChI=1S/C23H30N4O/c1-17-15-22(20-6-2-3-7-21(20)24-17)25-11-13-26(14-12-25)23(28)18-5-4-10-27(16-18)19-8-9-19/h2-3,6-7,15,18-19H,4-5,8-14,16H2,1H3. The molecule has 1 aromatic carbocycles. The van der Waals surface area contributed by atoms with Crippen molar-refractivity contribution in [2.75, 3.05) is 44.2 Å². The number of benzene rings is 1. The molecule has 2 aromatic rings. The van der Waals surface area contributed by atoms with Crippen molar-refractivity contribution < 1.29 is 4.79 Å². The van der Waals surface area contributed by atoms with Gasteiger partial charge in [-0.25, -0.2) is 0 Å². The Labute approximate surface area is 167 Å². The van der Waals surface area contributed by atoms with E-state index in [9.17, 15) is 4.79 Å². The summed E-state index contributed by atoms with van der Waals surface area (Å²) in [5.74, 6) is 0.602. The Morgan fingerprint density at radius 2 is 1.82 bits per heavy atom. The maximum atomic E-state index is 13.1. The van der Waals surface area contributed by atoms with Crippen molar-refractivity contribution in [3.8, 4) is 0 Å². The number of anilines is 1. The van der Waals surface area contributed by atoms with E-state index in [4.69, 9.17) is 0 Å². The lowest BCUT2D eigenvalue weighted by Crippen LogP contribution is -2.52. The molecule has 5 rings (SSSR count). The molecular formula is C23H30N4O. The normalized spacial score (nSPS) is 24.0. The van der Waals surface area contributed by atoms with E-state index >= 15 is 0 Å². The van der Waals surface area contributed by atoms with Gasteiger partial charge in [0.1, 0.15) is 0 Å². The zero-order chi connectivity index (χ0) is 19.1. The second-order valence-corrected chi connectivity index (χ2v) is 8.68. The molecule has 1 amide bonds. The Kier molecular flexibility index (Phi) is 4.71. The fourth-order valence-electron chi connectivity index (χ4n) is 4.95. The van der Waals surface area contributed by atoms with Crippen LogP contribution in [-0.2, 0) is 4.79 Å². The van der Waals surface area contributed by atoms with Crippen LogP contribution in [0.15, 0.2) is 30.3 Å². The summed E-state index contributed by atoms with van der Waals surface area (Å²) in [4.78, 5) is 24.9. The van der Waals surface area contributed by atoms with E-state index in [0.29, 0.717) is 5.91 Å². The minimum atomic E-state index is 0.213. The van der Waals surface area contributed by atoms with Gasteiger partial charge in [0, 0.05) is 55.5 Å². The highest BCUT2D eigenvalue weighted by molar-refractivity contribution is 5.92. The quantitative estimate of drug-likeness (QED) is 0.823. The number of nitrogens with zero attached hydrogens (tertiary/aromatic N) is 4. The maximum Gasteiger partial charge on any atom is 0.227 e. The molecule has 3 heterocycles. The number of carbonyl (C=O) groups excluding carboxylic acids is 1. The number of hydrogen-bond donors (Lipinski definition) is 0. The highest BCUT2D eigenvalue weighted by Gasteiger charge is 2.36. The average molecular weight is 379 g/mol. The highest BCUT2D eigenvalue weighted by atomic mass is 16.2. The zero-order valence-electron chi connectivity index (χ0n) is 16.8. The molecule has 28 heavy (non-hydrogen) atoms. The molecule has 3 aliphatic rings. The third-order valence-corrected chi connectivity index (χ3v) is 6.62. The smallest absolute Gasteiger partial charge is 0.227 e. The van der Waals surface area contributed by atoms with Gasteiger partial charge >= 0.3 is 0 Å². The first-order chi connectivity index (χ1) is 13.7. The minimum absolute atomic E-state index is 0.213. The van der Waals surface area contributed by atoms with Crippen molar-refractivity contribution >= 4 is 22.5 Å². The van der Waals surface area contributed by atoms with Gasteiger partial charge in [0.2, 0.25) is 5.91 Å². The molecule has 1 saturated carbocycles. The lowest BCUT2D eigenvalue weighted by atomic mass is 9.96. The van der Waals surface area contributed by atoms with Crippen LogP contribution in [0.2, 0.25) is 0 Å². The van der Waals surface area contributed by atoms with Crippen LogP contribution < -0.4 is 4.90 Å². The van der Waals surface area contributed by atoms with E-state index in [0.717, 1.165) is 56.4 Å². The van der Waals surface area contributed by atoms with Gasteiger partial charge < -0.3 is 9.80 Å². The van der Waals surface area contributed by atoms with E-state index in [-0.39, 0.29) is 5.92 Å². The summed E-state index contributed by atoms with van der Waals surface area (Å²) in [6, 6.07) is 11.3. The average Bonchev–Trinajstić information content (AvgIpc) is 3.58. The summed E-state index contributed by atoms with van der Waals surface area (Å²) in [6.45, 7) is 7.69. The van der Waals surface area contributed by atoms with Crippen LogP contribution >= 0.6 is 0 Å². The predicted octanol–water partition coefficient (Wildman–Crippen LogP) is 3.07. The fourth-order valence-corrected chi connectivity index (χ4v) is 4.95. The first kappa shape index (κ1) is 17.9. The molecule has 5 heteroatoms. The van der Waals surface area contributed by atoms with Crippen LogP contribution in [-0.4, -0.2) is 66.0 Å². The molecule has 1 aliphatic carbocycles. The van der Waals surface area contributed by atoms with Crippen LogP contribution in [0, 0.1) is 12.8 Å². The molecule has 0 N–H and O–H groups in total. The van der Waals surface area contributed by atoms with Gasteiger partial charge in [0.25, 0.3) is 0 Å². The Hall–Kier alpha value is -2.14. The summed E-state index contributed by atoms with van der Waals surface area (Å²) in [7, 11) is 0. The largest absolute Gasteiger partial charge is 0.367 e. The molecule has 0 spiro atoms. The molecule has 0 bridgehead atoms. The molecule has 2 saturated heterocycles. The Morgan fingerprint density at radius 3 is 2.61 bits per heavy atom. The number of rotatable bonds is 3. The second-order valence-electron chi connectivity index (χ2n) is 8.68. The molecule has 1 atom stereocenters. The number of likely N-dealkylation sites (tertiary alicyclic amines) is 1. The first-order valence-corrected chi connectivity index (χ1v) is 10.8. The molecule has 0 radical (unpaired) electrons. The van der Waals surface area contributed by atoms with Gasteiger partial charge in [-0.15, -0.1) is 0 Å². The van der Waals surface area contributed by atoms with E-state index in [1.54, 1.807) is 0 Å². The second kappa shape index (κ2) is 7.36. The van der Waals surface area contributed by atoms with Crippen molar-refractivity contribution in [2.24, 2.45) is 5.92 Å². The number of piperazine rings is 1. The van der Waals surface area contributed by atoms with Crippen LogP contribution in [0.25, 0.3) is 10.9 Å². The topological polar surface area (TPSA) is 39.7 Å². The van der Waals surface area contributed by atoms with Crippen LogP contribution in [0.4, 0.5) is 5.69 Å². The van der Waals surface area contributed by atoms with Gasteiger partial charge in [-0.3, -0.25) is 14.7 Å². The maximum absolute atomic E-state index is 13.1. The molecule has 2 aliphatic heterocycles. The summed E-state index contributed by atoms with van der Waals surface area (Å²) in [5.41, 5.74) is 3.36. The van der Waals surface area contributed by atoms with Crippen LogP contribution in [0.5, 0.6) is 0 Å². The summed E-state index contributed by atoms with van der Waals surface area (Å²) in [5, 5.41) is 1.21. The molecule has 1 unspecified atom stereocenters. The van der Waals surface area contributed by atoms with Gasteiger partial charge in [-0.1, -0.05) is 18.2 Å². The van der Waals surface area contributed by atoms with Crippen molar-refractivity contribution in [3.63, 3.8) is 0 Å². The highest BCUT2D eigenvalue weighted by Crippen LogP contribution is 2.32. The SMILES string of the molecule is Cc1cc(N2CCN(C(=O)C3CCCN(C4CC4)C3)CC2)c2ccccc2n1. The van der Waals surface area contributed by atoms with E-state index < -0.39 is 0 Å². The number of aryl methyl sites for hydroxylation is 1. The molecule has 5 nitrogen and oxygen atoms in total. The van der Waals surface area contributed by atoms with Gasteiger partial charge in [-0.05, 0) is 51.3 Å². The minimum Gasteiger partial charge on any atom is -0.367 e. The number of pyridine rings is 1. The number of fused-ring (bicyclic) bond motifs is 1. The third kappa shape index (κ3) is 3.48. The Balaban J connectivity index is 1.26. The molecule has 1 aromatic heterocycles. The molecule has 148 valence electrons.